The van der Waals surface area contributed by atoms with Crippen molar-refractivity contribution in [1.82, 2.24) is 0 Å². The molecule has 0 heterocycles. The number of carbonyl (C=O) groups is 1. The van der Waals surface area contributed by atoms with Crippen LogP contribution in [0.5, 0.6) is 0 Å². The normalized spacial score (nSPS) is 11.4. The maximum Gasteiger partial charge on any atom is 0.211 e. The molecule has 0 aliphatic rings. The van der Waals surface area contributed by atoms with E-state index in [1.165, 1.54) is 0 Å². The summed E-state index contributed by atoms with van der Waals surface area (Å²) in [5.74, 6) is 2.01. The minimum absolute atomic E-state index is 0.102. The lowest BCUT2D eigenvalue weighted by atomic mass is 9.91. The minimum Gasteiger partial charge on any atom is -0.363 e. The van der Waals surface area contributed by atoms with E-state index in [2.05, 4.69) is 5.92 Å². The lowest BCUT2D eigenvalue weighted by Gasteiger charge is -2.16. The summed E-state index contributed by atoms with van der Waals surface area (Å²) < 4.78 is 0. The predicted molar refractivity (Wildman–Crippen MR) is 98.5 cm³/mol. The quantitative estimate of drug-likeness (QED) is 0.321. The highest BCUT2D eigenvalue weighted by Crippen LogP contribution is 2.23. The number of hydrogen-bond donors (Lipinski definition) is 0. The van der Waals surface area contributed by atoms with Crippen LogP contribution in [0.3, 0.4) is 0 Å². The molecule has 5 heteroatoms. The summed E-state index contributed by atoms with van der Waals surface area (Å²) in [6.45, 7) is 0.213. The van der Waals surface area contributed by atoms with Crippen LogP contribution in [0.4, 0.5) is 5.69 Å². The van der Waals surface area contributed by atoms with Crippen molar-refractivity contribution >= 4 is 11.5 Å². The van der Waals surface area contributed by atoms with Crippen molar-refractivity contribution < 1.29 is 9.72 Å². The fourth-order valence-corrected chi connectivity index (χ4v) is 2.66. The summed E-state index contributed by atoms with van der Waals surface area (Å²) in [4.78, 5) is 25.0. The molecule has 1 atom stereocenters. The van der Waals surface area contributed by atoms with Gasteiger partial charge in [-0.1, -0.05) is 36.3 Å². The number of benzene rings is 2. The van der Waals surface area contributed by atoms with Crippen LogP contribution in [0.1, 0.15) is 28.3 Å². The van der Waals surface area contributed by atoms with Gasteiger partial charge in [0.2, 0.25) is 6.54 Å². The molecule has 0 N–H and O–H groups in total. The first-order valence-corrected chi connectivity index (χ1v) is 7.96. The van der Waals surface area contributed by atoms with E-state index in [9.17, 15) is 14.9 Å². The zero-order valence-electron chi connectivity index (χ0n) is 14.1. The Morgan fingerprint density at radius 1 is 1.20 bits per heavy atom. The second-order valence-corrected chi connectivity index (χ2v) is 5.86. The Morgan fingerprint density at radius 3 is 2.40 bits per heavy atom. The van der Waals surface area contributed by atoms with Crippen LogP contribution >= 0.6 is 0 Å². The van der Waals surface area contributed by atoms with Gasteiger partial charge < -0.3 is 4.90 Å². The van der Waals surface area contributed by atoms with Crippen molar-refractivity contribution in [1.29, 1.82) is 0 Å². The van der Waals surface area contributed by atoms with Gasteiger partial charge in [-0.25, -0.2) is 0 Å². The molecule has 5 nitrogen and oxygen atoms in total. The smallest absolute Gasteiger partial charge is 0.211 e. The number of hydrogen-bond acceptors (Lipinski definition) is 4. The zero-order chi connectivity index (χ0) is 18.2. The molecular weight excluding hydrogens is 316 g/mol. The lowest BCUT2D eigenvalue weighted by molar-refractivity contribution is -0.483. The van der Waals surface area contributed by atoms with Gasteiger partial charge in [-0.05, 0) is 29.8 Å². The van der Waals surface area contributed by atoms with Gasteiger partial charge in [0.1, 0.15) is 0 Å². The molecule has 0 radical (unpaired) electrons. The van der Waals surface area contributed by atoms with Gasteiger partial charge in [-0.3, -0.25) is 14.9 Å². The third-order valence-corrected chi connectivity index (χ3v) is 4.03. The summed E-state index contributed by atoms with van der Waals surface area (Å²) in [7, 11) is 1.87. The Kier molecular flexibility index (Phi) is 6.30. The number of carbonyl (C=O) groups excluding carboxylic acids is 1. The molecular formula is C20H20N2O3. The molecule has 0 fully saturated rings. The number of ketones is 1. The number of nitrogens with zero attached hydrogens (tertiary/aromatic N) is 2. The van der Waals surface area contributed by atoms with E-state index in [0.29, 0.717) is 12.1 Å². The largest absolute Gasteiger partial charge is 0.363 e. The molecule has 1 unspecified atom stereocenters. The number of rotatable bonds is 8. The molecule has 0 aromatic heterocycles. The summed E-state index contributed by atoms with van der Waals surface area (Å²) >= 11 is 0. The number of Topliss-reactive ketones (excluding diaryl/α,β-unsaturated/α-hetero) is 1. The van der Waals surface area contributed by atoms with E-state index in [1.807, 2.05) is 54.4 Å². The van der Waals surface area contributed by atoms with Crippen LogP contribution < -0.4 is 4.90 Å². The molecule has 0 saturated carbocycles. The topological polar surface area (TPSA) is 63.5 Å². The second kappa shape index (κ2) is 8.65. The highest BCUT2D eigenvalue weighted by molar-refractivity contribution is 5.96. The van der Waals surface area contributed by atoms with Crippen LogP contribution in [0.25, 0.3) is 0 Å². The van der Waals surface area contributed by atoms with Crippen molar-refractivity contribution in [2.45, 2.75) is 12.3 Å². The SMILES string of the molecule is C#CCN(C)c1ccc(C(=O)CC(C[N+](=O)[O-])c2ccccc2)cc1. The van der Waals surface area contributed by atoms with E-state index in [4.69, 9.17) is 6.42 Å². The van der Waals surface area contributed by atoms with Gasteiger partial charge in [0.15, 0.2) is 5.78 Å². The summed E-state index contributed by atoms with van der Waals surface area (Å²) in [6.07, 6.45) is 5.40. The van der Waals surface area contributed by atoms with Gasteiger partial charge in [-0.2, -0.15) is 0 Å². The molecule has 2 aromatic rings. The van der Waals surface area contributed by atoms with Crippen molar-refractivity contribution in [3.05, 3.63) is 75.8 Å². The summed E-state index contributed by atoms with van der Waals surface area (Å²) in [5.41, 5.74) is 2.26. The third-order valence-electron chi connectivity index (χ3n) is 4.03. The van der Waals surface area contributed by atoms with Crippen molar-refractivity contribution in [2.75, 3.05) is 25.0 Å². The monoisotopic (exact) mass is 336 g/mol. The van der Waals surface area contributed by atoms with E-state index in [-0.39, 0.29) is 23.7 Å². The Morgan fingerprint density at radius 2 is 1.84 bits per heavy atom. The molecule has 0 saturated heterocycles. The first-order chi connectivity index (χ1) is 12.0. The van der Waals surface area contributed by atoms with Gasteiger partial charge in [0, 0.05) is 29.6 Å². The molecule has 25 heavy (non-hydrogen) atoms. The van der Waals surface area contributed by atoms with Crippen molar-refractivity contribution in [3.8, 4) is 12.3 Å². The molecule has 0 spiro atoms. The standard InChI is InChI=1S/C20H20N2O3/c1-3-13-21(2)19-11-9-17(10-12-19)20(23)14-18(15-22(24)25)16-7-5-4-6-8-16/h1,4-12,18H,13-15H2,2H3. The maximum atomic E-state index is 12.5. The van der Waals surface area contributed by atoms with E-state index in [0.717, 1.165) is 11.3 Å². The van der Waals surface area contributed by atoms with Crippen molar-refractivity contribution in [3.63, 3.8) is 0 Å². The van der Waals surface area contributed by atoms with Crippen LogP contribution in [0.15, 0.2) is 54.6 Å². The highest BCUT2D eigenvalue weighted by Gasteiger charge is 2.22. The minimum atomic E-state index is -0.438. The van der Waals surface area contributed by atoms with Crippen LogP contribution in [-0.2, 0) is 0 Å². The fourth-order valence-electron chi connectivity index (χ4n) is 2.66. The number of nitro groups is 1. The molecule has 128 valence electrons. The molecule has 0 bridgehead atoms. The molecule has 2 aromatic carbocycles. The zero-order valence-corrected chi connectivity index (χ0v) is 14.1. The van der Waals surface area contributed by atoms with Gasteiger partial charge in [-0.15, -0.1) is 6.42 Å². The molecule has 0 amide bonds. The fraction of sp³-hybridized carbons (Fsp3) is 0.250. The predicted octanol–water partition coefficient (Wildman–Crippen LogP) is 3.39. The molecule has 0 aliphatic heterocycles. The van der Waals surface area contributed by atoms with Crippen LogP contribution in [0.2, 0.25) is 0 Å². The van der Waals surface area contributed by atoms with E-state index in [1.54, 1.807) is 12.1 Å². The van der Waals surface area contributed by atoms with Crippen LogP contribution in [0, 0.1) is 22.5 Å². The molecule has 2 rings (SSSR count). The van der Waals surface area contributed by atoms with E-state index < -0.39 is 5.92 Å². The summed E-state index contributed by atoms with van der Waals surface area (Å²) in [6, 6.07) is 16.3. The Bertz CT molecular complexity index is 764. The van der Waals surface area contributed by atoms with Crippen LogP contribution in [-0.4, -0.2) is 30.8 Å². The Balaban J connectivity index is 2.13. The number of anilines is 1. The third kappa shape index (κ3) is 5.18. The van der Waals surface area contributed by atoms with Gasteiger partial charge in [0.05, 0.1) is 12.5 Å². The van der Waals surface area contributed by atoms with Gasteiger partial charge in [0.25, 0.3) is 0 Å². The second-order valence-electron chi connectivity index (χ2n) is 5.86. The van der Waals surface area contributed by atoms with E-state index >= 15 is 0 Å². The first-order valence-electron chi connectivity index (χ1n) is 7.96. The lowest BCUT2D eigenvalue weighted by Crippen LogP contribution is -2.18. The average Bonchev–Trinajstić information content (AvgIpc) is 2.62. The highest BCUT2D eigenvalue weighted by atomic mass is 16.6. The Labute approximate surface area is 147 Å². The summed E-state index contributed by atoms with van der Waals surface area (Å²) in [5, 5.41) is 11.0. The molecule has 0 aliphatic carbocycles. The Hall–Kier alpha value is -3.13. The van der Waals surface area contributed by atoms with Gasteiger partial charge >= 0.3 is 0 Å². The maximum absolute atomic E-state index is 12.5. The first kappa shape index (κ1) is 18.2. The van der Waals surface area contributed by atoms with Crippen molar-refractivity contribution in [2.24, 2.45) is 0 Å². The average molecular weight is 336 g/mol. The number of terminal acetylenes is 1.